The molecule has 120 valence electrons. The van der Waals surface area contributed by atoms with Gasteiger partial charge in [0.2, 0.25) is 0 Å². The zero-order valence-electron chi connectivity index (χ0n) is 13.2. The Balaban J connectivity index is 1.83. The number of nitriles is 2. The lowest BCUT2D eigenvalue weighted by atomic mass is 10.1. The molecule has 4 nitrogen and oxygen atoms in total. The van der Waals surface area contributed by atoms with Crippen LogP contribution in [0.15, 0.2) is 60.0 Å². The minimum Gasteiger partial charge on any atom is -0.479 e. The van der Waals surface area contributed by atoms with Crippen molar-refractivity contribution < 1.29 is 4.74 Å². The summed E-state index contributed by atoms with van der Waals surface area (Å²) < 4.78 is 5.22. The van der Waals surface area contributed by atoms with Crippen molar-refractivity contribution in [1.82, 2.24) is 4.98 Å². The van der Waals surface area contributed by atoms with Crippen molar-refractivity contribution in [2.24, 2.45) is 0 Å². The molecule has 0 spiro atoms. The van der Waals surface area contributed by atoms with Gasteiger partial charge in [-0.15, -0.1) is 11.3 Å². The van der Waals surface area contributed by atoms with Gasteiger partial charge in [-0.05, 0) is 23.8 Å². The molecule has 1 aromatic heterocycles. The number of ether oxygens (including phenoxy) is 1. The molecule has 1 heterocycles. The SMILES string of the molecule is N#CCOc1ccc(/C=C(\C#N)c2nc(-c3ccccc3)cs2)cc1. The van der Waals surface area contributed by atoms with Crippen LogP contribution >= 0.6 is 11.3 Å². The van der Waals surface area contributed by atoms with Crippen molar-refractivity contribution in [2.45, 2.75) is 0 Å². The number of benzene rings is 2. The van der Waals surface area contributed by atoms with Crippen LogP contribution in [0, 0.1) is 22.7 Å². The van der Waals surface area contributed by atoms with Crippen LogP contribution in [0.3, 0.4) is 0 Å². The molecule has 0 radical (unpaired) electrons. The summed E-state index contributed by atoms with van der Waals surface area (Å²) in [6.45, 7) is 0.0139. The molecule has 0 aliphatic rings. The first-order chi connectivity index (χ1) is 12.3. The highest BCUT2D eigenvalue weighted by Gasteiger charge is 2.09. The first kappa shape index (κ1) is 16.4. The van der Waals surface area contributed by atoms with Gasteiger partial charge >= 0.3 is 0 Å². The first-order valence-electron chi connectivity index (χ1n) is 7.53. The molecule has 0 unspecified atom stereocenters. The fourth-order valence-corrected chi connectivity index (χ4v) is 3.02. The summed E-state index contributed by atoms with van der Waals surface area (Å²) in [5, 5.41) is 20.6. The third kappa shape index (κ3) is 4.11. The van der Waals surface area contributed by atoms with Crippen LogP contribution in [0.5, 0.6) is 5.75 Å². The summed E-state index contributed by atoms with van der Waals surface area (Å²) >= 11 is 1.45. The van der Waals surface area contributed by atoms with Gasteiger partial charge < -0.3 is 4.74 Å². The number of hydrogen-bond donors (Lipinski definition) is 0. The quantitative estimate of drug-likeness (QED) is 0.625. The zero-order valence-corrected chi connectivity index (χ0v) is 14.0. The second kappa shape index (κ2) is 7.92. The molecule has 3 rings (SSSR count). The average Bonchev–Trinajstić information content (AvgIpc) is 3.16. The van der Waals surface area contributed by atoms with Crippen LogP contribution in [0.1, 0.15) is 10.6 Å². The molecule has 0 amide bonds. The molecule has 0 fully saturated rings. The lowest BCUT2D eigenvalue weighted by Crippen LogP contribution is -1.92. The number of nitrogens with zero attached hydrogens (tertiary/aromatic N) is 3. The normalized spacial score (nSPS) is 10.7. The van der Waals surface area contributed by atoms with E-state index in [9.17, 15) is 5.26 Å². The van der Waals surface area contributed by atoms with Crippen molar-refractivity contribution in [1.29, 1.82) is 10.5 Å². The van der Waals surface area contributed by atoms with Gasteiger partial charge in [-0.3, -0.25) is 0 Å². The van der Waals surface area contributed by atoms with Crippen molar-refractivity contribution in [3.05, 3.63) is 70.5 Å². The number of allylic oxidation sites excluding steroid dienone is 1. The summed E-state index contributed by atoms with van der Waals surface area (Å²) in [4.78, 5) is 4.57. The summed E-state index contributed by atoms with van der Waals surface area (Å²) in [6.07, 6.45) is 1.79. The number of hydrogen-bond acceptors (Lipinski definition) is 5. The Labute approximate surface area is 149 Å². The standard InChI is InChI=1S/C20H13N3OS/c21-10-11-24-18-8-6-15(7-9-18)12-17(13-22)20-23-19(14-25-20)16-4-2-1-3-5-16/h1-9,12,14H,11H2/b17-12+. The van der Waals surface area contributed by atoms with Gasteiger partial charge in [0.05, 0.1) is 11.3 Å². The second-order valence-electron chi connectivity index (χ2n) is 5.09. The van der Waals surface area contributed by atoms with Gasteiger partial charge in [0.15, 0.2) is 6.61 Å². The van der Waals surface area contributed by atoms with E-state index in [0.717, 1.165) is 16.8 Å². The molecule has 0 N–H and O–H groups in total. The van der Waals surface area contributed by atoms with Crippen LogP contribution in [0.2, 0.25) is 0 Å². The summed E-state index contributed by atoms with van der Waals surface area (Å²) in [5.74, 6) is 0.623. The van der Waals surface area contributed by atoms with Gasteiger partial charge in [0, 0.05) is 10.9 Å². The van der Waals surface area contributed by atoms with E-state index in [0.29, 0.717) is 16.3 Å². The molecule has 25 heavy (non-hydrogen) atoms. The van der Waals surface area contributed by atoms with Crippen molar-refractivity contribution in [3.63, 3.8) is 0 Å². The summed E-state index contributed by atoms with van der Waals surface area (Å²) in [6, 6.07) is 21.2. The van der Waals surface area contributed by atoms with E-state index in [1.54, 1.807) is 18.2 Å². The molecular formula is C20H13N3OS. The van der Waals surface area contributed by atoms with E-state index in [-0.39, 0.29) is 6.61 Å². The van der Waals surface area contributed by atoms with Gasteiger partial charge in [-0.25, -0.2) is 4.98 Å². The molecule has 5 heteroatoms. The lowest BCUT2D eigenvalue weighted by Gasteiger charge is -2.01. The first-order valence-corrected chi connectivity index (χ1v) is 8.41. The molecule has 0 saturated heterocycles. The van der Waals surface area contributed by atoms with Crippen molar-refractivity contribution >= 4 is 23.0 Å². The van der Waals surface area contributed by atoms with E-state index < -0.39 is 0 Å². The highest BCUT2D eigenvalue weighted by molar-refractivity contribution is 7.11. The van der Waals surface area contributed by atoms with Crippen LogP contribution in [-0.4, -0.2) is 11.6 Å². The maximum Gasteiger partial charge on any atom is 0.174 e. The Kier molecular flexibility index (Phi) is 5.21. The molecule has 0 aliphatic heterocycles. The fraction of sp³-hybridized carbons (Fsp3) is 0.0500. The van der Waals surface area contributed by atoms with Gasteiger partial charge in [0.25, 0.3) is 0 Å². The predicted molar refractivity (Wildman–Crippen MR) is 98.6 cm³/mol. The van der Waals surface area contributed by atoms with Crippen molar-refractivity contribution in [2.75, 3.05) is 6.61 Å². The van der Waals surface area contributed by atoms with Gasteiger partial charge in [-0.2, -0.15) is 10.5 Å². The van der Waals surface area contributed by atoms with Crippen LogP contribution in [0.4, 0.5) is 0 Å². The topological polar surface area (TPSA) is 69.7 Å². The summed E-state index contributed by atoms with van der Waals surface area (Å²) in [5.41, 5.74) is 3.28. The molecule has 0 saturated carbocycles. The monoisotopic (exact) mass is 343 g/mol. The Hall–Kier alpha value is -3.41. The second-order valence-corrected chi connectivity index (χ2v) is 5.95. The van der Waals surface area contributed by atoms with Crippen LogP contribution in [0.25, 0.3) is 22.9 Å². The maximum absolute atomic E-state index is 9.48. The highest BCUT2D eigenvalue weighted by Crippen LogP contribution is 2.27. The zero-order chi connectivity index (χ0) is 17.5. The molecule has 2 aromatic carbocycles. The van der Waals surface area contributed by atoms with E-state index in [1.165, 1.54) is 11.3 Å². The number of aromatic nitrogens is 1. The van der Waals surface area contributed by atoms with Crippen LogP contribution < -0.4 is 4.74 Å². The minimum atomic E-state index is 0.0139. The van der Waals surface area contributed by atoms with E-state index in [1.807, 2.05) is 53.9 Å². The minimum absolute atomic E-state index is 0.0139. The third-order valence-electron chi connectivity index (χ3n) is 3.42. The van der Waals surface area contributed by atoms with Gasteiger partial charge in [0.1, 0.15) is 22.9 Å². The Morgan fingerprint density at radius 3 is 2.52 bits per heavy atom. The Morgan fingerprint density at radius 1 is 1.08 bits per heavy atom. The molecule has 0 aliphatic carbocycles. The van der Waals surface area contributed by atoms with E-state index in [4.69, 9.17) is 10.00 Å². The third-order valence-corrected chi connectivity index (χ3v) is 4.29. The van der Waals surface area contributed by atoms with Crippen LogP contribution in [-0.2, 0) is 0 Å². The lowest BCUT2D eigenvalue weighted by molar-refractivity contribution is 0.368. The average molecular weight is 343 g/mol. The highest BCUT2D eigenvalue weighted by atomic mass is 32.1. The summed E-state index contributed by atoms with van der Waals surface area (Å²) in [7, 11) is 0. The Morgan fingerprint density at radius 2 is 1.84 bits per heavy atom. The van der Waals surface area contributed by atoms with E-state index >= 15 is 0 Å². The predicted octanol–water partition coefficient (Wildman–Crippen LogP) is 4.78. The Bertz CT molecular complexity index is 961. The smallest absolute Gasteiger partial charge is 0.174 e. The van der Waals surface area contributed by atoms with Gasteiger partial charge in [-0.1, -0.05) is 42.5 Å². The van der Waals surface area contributed by atoms with Crippen molar-refractivity contribution in [3.8, 4) is 29.1 Å². The molecule has 3 aromatic rings. The maximum atomic E-state index is 9.48. The molecule has 0 atom stereocenters. The number of thiazole rings is 1. The fourth-order valence-electron chi connectivity index (χ4n) is 2.22. The number of rotatable bonds is 5. The molecule has 0 bridgehead atoms. The molecular weight excluding hydrogens is 330 g/mol. The van der Waals surface area contributed by atoms with E-state index in [2.05, 4.69) is 11.1 Å². The largest absolute Gasteiger partial charge is 0.479 e.